The second-order valence-electron chi connectivity index (χ2n) is 8.06. The molecular formula is C21H24F3N5O8P+. The van der Waals surface area contributed by atoms with Crippen molar-refractivity contribution in [2.45, 2.75) is 38.1 Å². The Labute approximate surface area is 213 Å². The lowest BCUT2D eigenvalue weighted by Gasteiger charge is -2.32. The van der Waals surface area contributed by atoms with E-state index in [1.165, 1.54) is 31.1 Å². The highest BCUT2D eigenvalue weighted by Crippen LogP contribution is 2.39. The van der Waals surface area contributed by atoms with Gasteiger partial charge in [0.1, 0.15) is 36.7 Å². The van der Waals surface area contributed by atoms with Crippen molar-refractivity contribution >= 4 is 14.0 Å². The number of nitrogens with zero attached hydrogens (tertiary/aromatic N) is 5. The third-order valence-electron chi connectivity index (χ3n) is 5.47. The van der Waals surface area contributed by atoms with E-state index in [0.717, 1.165) is 29.3 Å². The quantitative estimate of drug-likeness (QED) is 0.135. The smallest absolute Gasteiger partial charge is 0.432 e. The molecule has 3 N–H and O–H groups in total. The van der Waals surface area contributed by atoms with Gasteiger partial charge in [0, 0.05) is 29.6 Å². The molecule has 1 unspecified atom stereocenters. The lowest BCUT2D eigenvalue weighted by molar-refractivity contribution is -0.754. The third kappa shape index (κ3) is 7.33. The van der Waals surface area contributed by atoms with Crippen molar-refractivity contribution in [3.8, 4) is 0 Å². The first kappa shape index (κ1) is 29.1. The highest BCUT2D eigenvalue weighted by Gasteiger charge is 2.43. The van der Waals surface area contributed by atoms with Crippen LogP contribution in [0.25, 0.3) is 0 Å². The summed E-state index contributed by atoms with van der Waals surface area (Å²) in [5.41, 5.74) is -2.73. The van der Waals surface area contributed by atoms with Gasteiger partial charge >= 0.3 is 14.0 Å². The molecule has 206 valence electrons. The van der Waals surface area contributed by atoms with Gasteiger partial charge in [0.25, 0.3) is 6.33 Å². The molecule has 0 amide bonds. The second kappa shape index (κ2) is 12.0. The van der Waals surface area contributed by atoms with Gasteiger partial charge in [0.15, 0.2) is 5.82 Å². The Morgan fingerprint density at radius 1 is 1.21 bits per heavy atom. The first-order valence-electron chi connectivity index (χ1n) is 10.9. The van der Waals surface area contributed by atoms with Crippen LogP contribution in [0.5, 0.6) is 0 Å². The Morgan fingerprint density at radius 3 is 2.61 bits per heavy atom. The van der Waals surface area contributed by atoms with Crippen molar-refractivity contribution in [2.75, 3.05) is 13.2 Å². The summed E-state index contributed by atoms with van der Waals surface area (Å²) in [6.07, 6.45) is 2.28. The van der Waals surface area contributed by atoms with E-state index in [1.807, 2.05) is 0 Å². The minimum atomic E-state index is -4.71. The van der Waals surface area contributed by atoms with Crippen LogP contribution in [0.1, 0.15) is 37.3 Å². The van der Waals surface area contributed by atoms with Gasteiger partial charge in [-0.15, -0.1) is 4.68 Å². The largest absolute Gasteiger partial charge is 0.511 e. The minimum absolute atomic E-state index is 0.214. The van der Waals surface area contributed by atoms with E-state index in [4.69, 9.17) is 14.5 Å². The van der Waals surface area contributed by atoms with Gasteiger partial charge in [-0.3, -0.25) is 4.52 Å². The van der Waals surface area contributed by atoms with E-state index in [9.17, 15) is 27.6 Å². The molecule has 0 fully saturated rings. The molecule has 3 rings (SSSR count). The van der Waals surface area contributed by atoms with Crippen LogP contribution in [0.4, 0.5) is 18.0 Å². The number of ether oxygens (including phenoxy) is 2. The lowest BCUT2D eigenvalue weighted by atomic mass is 9.79. The Balaban J connectivity index is 1.79. The SMILES string of the molecule is CC(OC(=O)OCCOP(=O)(O)O)[n+]1cnn(C[C@](O)(c2ccc(F)cc2F)[C@@H](C)c2ncncc2F)c1. The van der Waals surface area contributed by atoms with Crippen LogP contribution in [0.2, 0.25) is 0 Å². The molecule has 0 saturated carbocycles. The number of hydrogen-bond donors (Lipinski definition) is 3. The van der Waals surface area contributed by atoms with Gasteiger partial charge in [-0.25, -0.2) is 32.5 Å². The normalized spacial score (nSPS) is 14.9. The first-order chi connectivity index (χ1) is 17.8. The minimum Gasteiger partial charge on any atom is -0.432 e. The number of carbonyl (C=O) groups excluding carboxylic acids is 1. The van der Waals surface area contributed by atoms with Crippen molar-refractivity contribution in [1.29, 1.82) is 0 Å². The number of phosphoric ester groups is 1. The topological polar surface area (TPSA) is 170 Å². The number of phosphoric acid groups is 1. The van der Waals surface area contributed by atoms with E-state index in [0.29, 0.717) is 6.07 Å². The molecule has 1 aromatic carbocycles. The van der Waals surface area contributed by atoms with Crippen molar-refractivity contribution < 1.29 is 56.0 Å². The van der Waals surface area contributed by atoms with Crippen LogP contribution >= 0.6 is 7.82 Å². The molecule has 0 bridgehead atoms. The van der Waals surface area contributed by atoms with E-state index >= 15 is 0 Å². The Kier molecular flexibility index (Phi) is 9.17. The summed E-state index contributed by atoms with van der Waals surface area (Å²) >= 11 is 0. The predicted molar refractivity (Wildman–Crippen MR) is 118 cm³/mol. The first-order valence-corrected chi connectivity index (χ1v) is 12.4. The van der Waals surface area contributed by atoms with E-state index in [2.05, 4.69) is 24.3 Å². The van der Waals surface area contributed by atoms with E-state index in [-0.39, 0.29) is 11.3 Å². The number of carbonyl (C=O) groups is 1. The average molecular weight is 562 g/mol. The van der Waals surface area contributed by atoms with Crippen LogP contribution in [0, 0.1) is 17.5 Å². The van der Waals surface area contributed by atoms with Gasteiger partial charge in [-0.2, -0.15) is 4.57 Å². The Bertz CT molecular complexity index is 1330. The lowest BCUT2D eigenvalue weighted by Crippen LogP contribution is -2.41. The summed E-state index contributed by atoms with van der Waals surface area (Å²) in [6.45, 7) is 1.33. The second-order valence-corrected chi connectivity index (χ2v) is 9.30. The monoisotopic (exact) mass is 562 g/mol. The van der Waals surface area contributed by atoms with Crippen LogP contribution < -0.4 is 4.57 Å². The summed E-state index contributed by atoms with van der Waals surface area (Å²) in [7, 11) is -4.71. The molecule has 3 atom stereocenters. The Morgan fingerprint density at radius 2 is 1.95 bits per heavy atom. The number of aliphatic hydroxyl groups is 1. The van der Waals surface area contributed by atoms with Crippen molar-refractivity contribution in [1.82, 2.24) is 19.7 Å². The molecule has 3 aromatic rings. The fourth-order valence-corrected chi connectivity index (χ4v) is 3.85. The summed E-state index contributed by atoms with van der Waals surface area (Å²) in [5.74, 6) is -3.96. The van der Waals surface area contributed by atoms with Crippen LogP contribution in [0.3, 0.4) is 0 Å². The zero-order valence-corrected chi connectivity index (χ0v) is 20.9. The standard InChI is InChI=1S/C21H23F3N5O8P/c1-13(19-18(24)8-25-10-26-19)21(31,16-4-3-15(22)7-17(16)23)9-29-12-28(11-27-29)14(2)37-20(30)35-5-6-36-38(32,33)34/h3-4,7-8,10-14,31H,5-6,9H2,1-2H3,(H-,32,33,34)/p+1/t13-,14?,21+/m0/s1. The molecule has 0 aliphatic heterocycles. The number of aromatic nitrogens is 5. The molecule has 0 spiro atoms. The predicted octanol–water partition coefficient (Wildman–Crippen LogP) is 1.85. The van der Waals surface area contributed by atoms with Gasteiger partial charge in [-0.1, -0.05) is 13.0 Å². The number of hydrogen-bond acceptors (Lipinski definition) is 9. The molecule has 2 aromatic heterocycles. The number of rotatable bonds is 11. The van der Waals surface area contributed by atoms with Crippen molar-refractivity contribution in [2.24, 2.45) is 0 Å². The molecule has 0 radical (unpaired) electrons. The zero-order valence-electron chi connectivity index (χ0n) is 20.0. The molecule has 0 aliphatic rings. The van der Waals surface area contributed by atoms with Crippen molar-refractivity contribution in [3.05, 3.63) is 72.1 Å². The maximum absolute atomic E-state index is 14.8. The van der Waals surface area contributed by atoms with E-state index < -0.39 is 68.9 Å². The van der Waals surface area contributed by atoms with Crippen LogP contribution in [0.15, 0.2) is 43.4 Å². The highest BCUT2D eigenvalue weighted by atomic mass is 31.2. The van der Waals surface area contributed by atoms with Gasteiger partial charge in [-0.05, 0) is 6.07 Å². The fraction of sp³-hybridized carbons (Fsp3) is 0.381. The highest BCUT2D eigenvalue weighted by molar-refractivity contribution is 7.46. The number of halogens is 3. The van der Waals surface area contributed by atoms with Gasteiger partial charge in [0.2, 0.25) is 12.6 Å². The molecule has 38 heavy (non-hydrogen) atoms. The average Bonchev–Trinajstić information content (AvgIpc) is 3.29. The molecule has 0 aliphatic carbocycles. The van der Waals surface area contributed by atoms with Crippen LogP contribution in [-0.4, -0.2) is 54.0 Å². The zero-order chi connectivity index (χ0) is 28.1. The summed E-state index contributed by atoms with van der Waals surface area (Å²) in [5, 5.41) is 15.8. The maximum atomic E-state index is 14.8. The Hall–Kier alpha value is -3.43. The molecule has 17 heteroatoms. The summed E-state index contributed by atoms with van der Waals surface area (Å²) < 4.78 is 69.7. The van der Waals surface area contributed by atoms with Crippen molar-refractivity contribution in [3.63, 3.8) is 0 Å². The third-order valence-corrected chi connectivity index (χ3v) is 5.99. The van der Waals surface area contributed by atoms with E-state index in [1.54, 1.807) is 0 Å². The van der Waals surface area contributed by atoms with Crippen LogP contribution in [-0.2, 0) is 30.7 Å². The molecule has 0 saturated heterocycles. The van der Waals surface area contributed by atoms with Gasteiger partial charge < -0.3 is 24.4 Å². The maximum Gasteiger partial charge on any atom is 0.511 e. The summed E-state index contributed by atoms with van der Waals surface area (Å²) in [4.78, 5) is 36.5. The summed E-state index contributed by atoms with van der Waals surface area (Å²) in [6, 6.07) is 2.57. The van der Waals surface area contributed by atoms with Gasteiger partial charge in [0.05, 0.1) is 18.5 Å². The molecule has 13 nitrogen and oxygen atoms in total. The number of benzene rings is 1. The molecule has 2 heterocycles. The molecular weight excluding hydrogens is 538 g/mol. The fourth-order valence-electron chi connectivity index (χ4n) is 3.53.